The molecule has 0 bridgehead atoms. The molecule has 0 aromatic heterocycles. The van der Waals surface area contributed by atoms with Crippen molar-refractivity contribution in [2.75, 3.05) is 11.9 Å². The Hall–Kier alpha value is -2.95. The first-order valence-electron chi connectivity index (χ1n) is 9.88. The zero-order valence-electron chi connectivity index (χ0n) is 17.1. The van der Waals surface area contributed by atoms with Crippen molar-refractivity contribution in [3.8, 4) is 0 Å². The van der Waals surface area contributed by atoms with Crippen molar-refractivity contribution in [2.24, 2.45) is 0 Å². The Morgan fingerprint density at radius 2 is 1.91 bits per heavy atom. The van der Waals surface area contributed by atoms with E-state index in [0.29, 0.717) is 12.1 Å². The molecule has 2 unspecified atom stereocenters. The summed E-state index contributed by atoms with van der Waals surface area (Å²) in [5.74, 6) is -2.70. The summed E-state index contributed by atoms with van der Waals surface area (Å²) in [6.07, 6.45) is -1.21. The average Bonchev–Trinajstić information content (AvgIpc) is 2.77. The van der Waals surface area contributed by atoms with Crippen molar-refractivity contribution in [1.29, 1.82) is 0 Å². The number of carboxylic acid groups (broad SMARTS) is 1. The van der Waals surface area contributed by atoms with E-state index >= 15 is 0 Å². The summed E-state index contributed by atoms with van der Waals surface area (Å²) in [5.41, 5.74) is 1.27. The van der Waals surface area contributed by atoms with E-state index in [-0.39, 0.29) is 35.1 Å². The summed E-state index contributed by atoms with van der Waals surface area (Å²) in [6, 6.07) is 4.88. The maximum absolute atomic E-state index is 14.3. The number of anilines is 1. The highest BCUT2D eigenvalue weighted by Gasteiger charge is 2.29. The molecule has 0 saturated heterocycles. The largest absolute Gasteiger partial charge is 0.465 e. The van der Waals surface area contributed by atoms with E-state index in [4.69, 9.17) is 28.3 Å². The van der Waals surface area contributed by atoms with Crippen LogP contribution in [0.3, 0.4) is 0 Å². The fraction of sp³-hybridized carbons (Fsp3) is 0.286. The van der Waals surface area contributed by atoms with Gasteiger partial charge < -0.3 is 26.4 Å². The van der Waals surface area contributed by atoms with Gasteiger partial charge in [-0.1, -0.05) is 29.3 Å². The Morgan fingerprint density at radius 3 is 2.64 bits per heavy atom. The number of fused-ring (bicyclic) bond motifs is 1. The SMILES string of the molecule is O=C(O)NCCC(NC(=O)C1Cc2cc(F)ccc2CN1)C(=O)Nc1ccc(Cl)c(Cl)c1F. The van der Waals surface area contributed by atoms with Crippen molar-refractivity contribution in [2.45, 2.75) is 31.5 Å². The second-order valence-corrected chi connectivity index (χ2v) is 8.13. The molecular formula is C21H20Cl2F2N4O4. The maximum Gasteiger partial charge on any atom is 0.404 e. The minimum atomic E-state index is -1.30. The number of amides is 3. The van der Waals surface area contributed by atoms with E-state index in [1.165, 1.54) is 24.3 Å². The first kappa shape index (κ1) is 24.7. The van der Waals surface area contributed by atoms with Gasteiger partial charge in [-0.3, -0.25) is 9.59 Å². The number of carbonyl (C=O) groups excluding carboxylic acids is 2. The first-order valence-corrected chi connectivity index (χ1v) is 10.6. The molecule has 2 atom stereocenters. The predicted molar refractivity (Wildman–Crippen MR) is 118 cm³/mol. The Balaban J connectivity index is 1.72. The number of hydrogen-bond donors (Lipinski definition) is 5. The van der Waals surface area contributed by atoms with Crippen LogP contribution in [0.5, 0.6) is 0 Å². The third kappa shape index (κ3) is 6.31. The van der Waals surface area contributed by atoms with Crippen LogP contribution in [0, 0.1) is 11.6 Å². The minimum Gasteiger partial charge on any atom is -0.465 e. The molecule has 176 valence electrons. The van der Waals surface area contributed by atoms with Crippen LogP contribution >= 0.6 is 23.2 Å². The van der Waals surface area contributed by atoms with Gasteiger partial charge in [0.2, 0.25) is 11.8 Å². The van der Waals surface area contributed by atoms with Gasteiger partial charge in [0.15, 0.2) is 5.82 Å². The van der Waals surface area contributed by atoms with Crippen molar-refractivity contribution >= 4 is 46.8 Å². The van der Waals surface area contributed by atoms with Crippen LogP contribution in [0.1, 0.15) is 17.5 Å². The number of halogens is 4. The number of rotatable bonds is 7. The molecule has 3 amide bonds. The van der Waals surface area contributed by atoms with Crippen molar-refractivity contribution in [3.05, 3.63) is 63.1 Å². The van der Waals surface area contributed by atoms with E-state index < -0.39 is 41.6 Å². The second kappa shape index (κ2) is 10.8. The van der Waals surface area contributed by atoms with E-state index in [1.807, 2.05) is 0 Å². The molecule has 8 nitrogen and oxygen atoms in total. The van der Waals surface area contributed by atoms with Crippen molar-refractivity contribution < 1.29 is 28.3 Å². The summed E-state index contributed by atoms with van der Waals surface area (Å²) in [6.45, 7) is 0.184. The molecule has 5 N–H and O–H groups in total. The van der Waals surface area contributed by atoms with E-state index in [1.54, 1.807) is 6.07 Å². The van der Waals surface area contributed by atoms with Crippen LogP contribution in [0.4, 0.5) is 19.3 Å². The number of benzene rings is 2. The van der Waals surface area contributed by atoms with Gasteiger partial charge in [0.25, 0.3) is 0 Å². The predicted octanol–water partition coefficient (Wildman–Crippen LogP) is 3.07. The van der Waals surface area contributed by atoms with Crippen LogP contribution in [0.25, 0.3) is 0 Å². The van der Waals surface area contributed by atoms with Crippen LogP contribution in [-0.4, -0.2) is 41.6 Å². The van der Waals surface area contributed by atoms with Gasteiger partial charge in [-0.05, 0) is 48.2 Å². The Bertz CT molecular complexity index is 1090. The average molecular weight is 501 g/mol. The first-order chi connectivity index (χ1) is 15.7. The lowest BCUT2D eigenvalue weighted by molar-refractivity contribution is -0.128. The van der Waals surface area contributed by atoms with Crippen LogP contribution in [-0.2, 0) is 22.6 Å². The smallest absolute Gasteiger partial charge is 0.404 e. The normalized spacial score (nSPS) is 15.8. The quantitative estimate of drug-likeness (QED) is 0.374. The summed E-state index contributed by atoms with van der Waals surface area (Å²) in [7, 11) is 0. The molecule has 0 fully saturated rings. The number of carbonyl (C=O) groups is 3. The highest BCUT2D eigenvalue weighted by molar-refractivity contribution is 6.42. The van der Waals surface area contributed by atoms with Crippen LogP contribution in [0.15, 0.2) is 30.3 Å². The fourth-order valence-electron chi connectivity index (χ4n) is 3.37. The van der Waals surface area contributed by atoms with Gasteiger partial charge in [0, 0.05) is 13.1 Å². The Morgan fingerprint density at radius 1 is 1.15 bits per heavy atom. The third-order valence-electron chi connectivity index (χ3n) is 5.08. The standard InChI is InChI=1S/C21H20Cl2F2N4O4/c22-13-3-4-14(18(25)17(13)23)28-19(30)15(5-6-26-21(32)33)29-20(31)16-8-11-7-12(24)2-1-10(11)9-27-16/h1-4,7,15-16,26-27H,5-6,8-9H2,(H,28,30)(H,29,31)(H,32,33). The summed E-state index contributed by atoms with van der Waals surface area (Å²) >= 11 is 11.5. The summed E-state index contributed by atoms with van der Waals surface area (Å²) < 4.78 is 27.9. The third-order valence-corrected chi connectivity index (χ3v) is 5.86. The number of hydrogen-bond acceptors (Lipinski definition) is 4. The van der Waals surface area contributed by atoms with Crippen molar-refractivity contribution in [3.63, 3.8) is 0 Å². The van der Waals surface area contributed by atoms with Gasteiger partial charge in [-0.15, -0.1) is 0 Å². The molecule has 0 saturated carbocycles. The zero-order valence-corrected chi connectivity index (χ0v) is 18.6. The monoisotopic (exact) mass is 500 g/mol. The molecule has 33 heavy (non-hydrogen) atoms. The highest BCUT2D eigenvalue weighted by atomic mass is 35.5. The minimum absolute atomic E-state index is 0.0391. The number of nitrogens with one attached hydrogen (secondary N) is 4. The fourth-order valence-corrected chi connectivity index (χ4v) is 3.69. The molecule has 12 heteroatoms. The van der Waals surface area contributed by atoms with Crippen molar-refractivity contribution in [1.82, 2.24) is 16.0 Å². The highest BCUT2D eigenvalue weighted by Crippen LogP contribution is 2.30. The van der Waals surface area contributed by atoms with Gasteiger partial charge in [-0.2, -0.15) is 0 Å². The van der Waals surface area contributed by atoms with Gasteiger partial charge in [-0.25, -0.2) is 13.6 Å². The Kier molecular flexibility index (Phi) is 8.06. The molecule has 0 radical (unpaired) electrons. The van der Waals surface area contributed by atoms with E-state index in [9.17, 15) is 23.2 Å². The molecule has 1 heterocycles. The lowest BCUT2D eigenvalue weighted by Crippen LogP contribution is -2.53. The molecule has 2 aromatic rings. The van der Waals surface area contributed by atoms with E-state index in [0.717, 1.165) is 5.56 Å². The lowest BCUT2D eigenvalue weighted by Gasteiger charge is -2.27. The Labute approximate surface area is 197 Å². The van der Waals surface area contributed by atoms with Gasteiger partial charge >= 0.3 is 6.09 Å². The lowest BCUT2D eigenvalue weighted by atomic mass is 9.95. The van der Waals surface area contributed by atoms with Crippen LogP contribution < -0.4 is 21.3 Å². The second-order valence-electron chi connectivity index (χ2n) is 7.34. The molecule has 2 aromatic carbocycles. The zero-order chi connectivity index (χ0) is 24.1. The molecule has 1 aliphatic rings. The van der Waals surface area contributed by atoms with E-state index in [2.05, 4.69) is 21.3 Å². The maximum atomic E-state index is 14.3. The van der Waals surface area contributed by atoms with Crippen LogP contribution in [0.2, 0.25) is 10.0 Å². The van der Waals surface area contributed by atoms with Gasteiger partial charge in [0.05, 0.1) is 21.8 Å². The molecular weight excluding hydrogens is 481 g/mol. The molecule has 0 spiro atoms. The topological polar surface area (TPSA) is 120 Å². The molecule has 3 rings (SSSR count). The molecule has 0 aliphatic carbocycles. The molecule has 1 aliphatic heterocycles. The van der Waals surface area contributed by atoms with Gasteiger partial charge in [0.1, 0.15) is 11.9 Å². The summed E-state index contributed by atoms with van der Waals surface area (Å²) in [5, 5.41) is 18.4. The summed E-state index contributed by atoms with van der Waals surface area (Å²) in [4.78, 5) is 36.4.